The number of alkyl halides is 3. The highest BCUT2D eigenvalue weighted by atomic mass is 19.4. The molecule has 96 valence electrons. The third-order valence-corrected chi connectivity index (χ3v) is 2.36. The number of nitrogen functional groups attached to an aromatic ring is 1. The van der Waals surface area contributed by atoms with Crippen molar-refractivity contribution in [3.63, 3.8) is 0 Å². The van der Waals surface area contributed by atoms with Gasteiger partial charge in [-0.25, -0.2) is 0 Å². The zero-order valence-electron chi connectivity index (χ0n) is 9.28. The van der Waals surface area contributed by atoms with Gasteiger partial charge in [-0.3, -0.25) is 0 Å². The van der Waals surface area contributed by atoms with Crippen LogP contribution in [0.25, 0.3) is 11.1 Å². The number of para-hydroxylation sites is 1. The molecule has 7 heteroatoms. The summed E-state index contributed by atoms with van der Waals surface area (Å²) >= 11 is 0. The minimum Gasteiger partial charge on any atom is -0.496 e. The topological polar surface area (TPSA) is 61.3 Å². The summed E-state index contributed by atoms with van der Waals surface area (Å²) in [5.41, 5.74) is 4.13. The fraction of sp³-hybridized carbons (Fsp3) is 0.182. The number of benzene rings is 1. The number of hydrogen-bond acceptors (Lipinski definition) is 4. The molecule has 18 heavy (non-hydrogen) atoms. The molecule has 0 saturated heterocycles. The van der Waals surface area contributed by atoms with Crippen molar-refractivity contribution in [2.24, 2.45) is 0 Å². The maximum absolute atomic E-state index is 12.8. The molecule has 4 nitrogen and oxygen atoms in total. The molecule has 1 aromatic carbocycles. The molecule has 1 aromatic heterocycles. The summed E-state index contributed by atoms with van der Waals surface area (Å²) in [7, 11) is 1.36. The number of methoxy groups -OCH3 is 1. The molecule has 0 bridgehead atoms. The van der Waals surface area contributed by atoms with Crippen molar-refractivity contribution in [3.8, 4) is 16.9 Å². The number of nitrogens with two attached hydrogens (primary N) is 1. The third-order valence-electron chi connectivity index (χ3n) is 2.36. The Morgan fingerprint density at radius 3 is 2.56 bits per heavy atom. The maximum atomic E-state index is 12.8. The van der Waals surface area contributed by atoms with E-state index in [2.05, 4.69) is 9.68 Å². The lowest BCUT2D eigenvalue weighted by molar-refractivity contribution is -0.142. The van der Waals surface area contributed by atoms with E-state index >= 15 is 0 Å². The maximum Gasteiger partial charge on any atom is 0.437 e. The van der Waals surface area contributed by atoms with Crippen LogP contribution in [0.15, 0.2) is 28.8 Å². The third kappa shape index (κ3) is 1.99. The average molecular weight is 258 g/mol. The first kappa shape index (κ1) is 12.3. The largest absolute Gasteiger partial charge is 0.496 e. The summed E-state index contributed by atoms with van der Waals surface area (Å²) in [6.45, 7) is 0. The number of rotatable bonds is 2. The second-order valence-electron chi connectivity index (χ2n) is 3.47. The molecule has 0 fully saturated rings. The minimum absolute atomic E-state index is 0.186. The molecule has 0 saturated carbocycles. The smallest absolute Gasteiger partial charge is 0.437 e. The van der Waals surface area contributed by atoms with Crippen molar-refractivity contribution < 1.29 is 22.4 Å². The van der Waals surface area contributed by atoms with E-state index in [-0.39, 0.29) is 16.9 Å². The first-order valence-corrected chi connectivity index (χ1v) is 4.91. The molecule has 0 unspecified atom stereocenters. The van der Waals surface area contributed by atoms with Crippen molar-refractivity contribution in [1.29, 1.82) is 0 Å². The molecular formula is C11H9F3N2O2. The average Bonchev–Trinajstić information content (AvgIpc) is 2.70. The van der Waals surface area contributed by atoms with Crippen molar-refractivity contribution in [2.45, 2.75) is 6.18 Å². The van der Waals surface area contributed by atoms with Gasteiger partial charge >= 0.3 is 6.18 Å². The lowest BCUT2D eigenvalue weighted by atomic mass is 10.0. The highest BCUT2D eigenvalue weighted by Crippen LogP contribution is 2.42. The number of nitrogens with zero attached hydrogens (tertiary/aromatic N) is 1. The molecule has 2 N–H and O–H groups in total. The van der Waals surface area contributed by atoms with Gasteiger partial charge in [0.2, 0.25) is 5.88 Å². The Morgan fingerprint density at radius 2 is 1.94 bits per heavy atom. The van der Waals surface area contributed by atoms with Gasteiger partial charge in [-0.1, -0.05) is 23.4 Å². The van der Waals surface area contributed by atoms with Crippen LogP contribution in [-0.4, -0.2) is 12.3 Å². The molecule has 2 rings (SSSR count). The molecule has 0 atom stereocenters. The standard InChI is InChI=1S/C11H9F3N2O2/c1-17-7-5-3-2-4-6(7)8-9(11(12,13)14)16-18-10(8)15/h2-5H,15H2,1H3. The van der Waals surface area contributed by atoms with Gasteiger partial charge < -0.3 is 15.0 Å². The molecule has 0 aliphatic heterocycles. The van der Waals surface area contributed by atoms with Gasteiger partial charge in [0.05, 0.1) is 12.7 Å². The lowest BCUT2D eigenvalue weighted by Gasteiger charge is -2.09. The van der Waals surface area contributed by atoms with Gasteiger partial charge in [-0.2, -0.15) is 13.2 Å². The first-order valence-electron chi connectivity index (χ1n) is 4.91. The van der Waals surface area contributed by atoms with Crippen LogP contribution in [-0.2, 0) is 6.18 Å². The van der Waals surface area contributed by atoms with E-state index in [0.717, 1.165) is 0 Å². The van der Waals surface area contributed by atoms with Crippen LogP contribution in [0.5, 0.6) is 5.75 Å². The van der Waals surface area contributed by atoms with Crippen molar-refractivity contribution in [2.75, 3.05) is 12.8 Å². The van der Waals surface area contributed by atoms with Crippen LogP contribution in [0.2, 0.25) is 0 Å². The van der Waals surface area contributed by atoms with Crippen LogP contribution in [0.4, 0.5) is 19.1 Å². The summed E-state index contributed by atoms with van der Waals surface area (Å²) in [4.78, 5) is 0. The van der Waals surface area contributed by atoms with Crippen LogP contribution in [0.3, 0.4) is 0 Å². The summed E-state index contributed by atoms with van der Waals surface area (Å²) in [6.07, 6.45) is -4.64. The summed E-state index contributed by atoms with van der Waals surface area (Å²) in [6, 6.07) is 6.20. The van der Waals surface area contributed by atoms with E-state index in [9.17, 15) is 13.2 Å². The SMILES string of the molecule is COc1ccccc1-c1c(C(F)(F)F)noc1N. The summed E-state index contributed by atoms with van der Waals surface area (Å²) < 4.78 is 47.7. The Kier molecular flexibility index (Phi) is 2.90. The van der Waals surface area contributed by atoms with Crippen molar-refractivity contribution in [1.82, 2.24) is 5.16 Å². The van der Waals surface area contributed by atoms with Gasteiger partial charge in [0.25, 0.3) is 0 Å². The Hall–Kier alpha value is -2.18. The van der Waals surface area contributed by atoms with Crippen LogP contribution in [0.1, 0.15) is 5.69 Å². The number of ether oxygens (including phenoxy) is 1. The van der Waals surface area contributed by atoms with Gasteiger partial charge in [-0.15, -0.1) is 0 Å². The first-order chi connectivity index (χ1) is 8.45. The van der Waals surface area contributed by atoms with E-state index in [0.29, 0.717) is 0 Å². The molecular weight excluding hydrogens is 249 g/mol. The second kappa shape index (κ2) is 4.25. The predicted molar refractivity (Wildman–Crippen MR) is 57.9 cm³/mol. The van der Waals surface area contributed by atoms with Gasteiger partial charge in [0.1, 0.15) is 5.75 Å². The number of hydrogen-bond donors (Lipinski definition) is 1. The Morgan fingerprint density at radius 1 is 1.28 bits per heavy atom. The minimum atomic E-state index is -4.64. The molecule has 2 aromatic rings. The van der Waals surface area contributed by atoms with E-state index in [1.54, 1.807) is 12.1 Å². The fourth-order valence-corrected chi connectivity index (χ4v) is 1.61. The summed E-state index contributed by atoms with van der Waals surface area (Å²) in [5.74, 6) is -0.135. The molecule has 0 spiro atoms. The molecule has 0 aliphatic rings. The molecule has 1 heterocycles. The van der Waals surface area contributed by atoms with Gasteiger partial charge in [-0.05, 0) is 6.07 Å². The highest BCUT2D eigenvalue weighted by Gasteiger charge is 2.40. The number of halogens is 3. The zero-order valence-corrected chi connectivity index (χ0v) is 9.28. The molecule has 0 aliphatic carbocycles. The number of anilines is 1. The van der Waals surface area contributed by atoms with E-state index < -0.39 is 17.8 Å². The Bertz CT molecular complexity index is 564. The summed E-state index contributed by atoms with van der Waals surface area (Å²) in [5, 5.41) is 2.96. The fourth-order valence-electron chi connectivity index (χ4n) is 1.61. The monoisotopic (exact) mass is 258 g/mol. The zero-order chi connectivity index (χ0) is 13.3. The van der Waals surface area contributed by atoms with Gasteiger partial charge in [0.15, 0.2) is 5.69 Å². The van der Waals surface area contributed by atoms with E-state index in [4.69, 9.17) is 10.5 Å². The normalized spacial score (nSPS) is 11.6. The van der Waals surface area contributed by atoms with E-state index in [1.807, 2.05) is 0 Å². The highest BCUT2D eigenvalue weighted by molar-refractivity contribution is 5.80. The Labute approximate surface area is 100 Å². The number of aromatic nitrogens is 1. The van der Waals surface area contributed by atoms with Crippen molar-refractivity contribution >= 4 is 5.88 Å². The van der Waals surface area contributed by atoms with E-state index in [1.165, 1.54) is 19.2 Å². The van der Waals surface area contributed by atoms with Crippen molar-refractivity contribution in [3.05, 3.63) is 30.0 Å². The Balaban J connectivity index is 2.67. The molecule has 0 amide bonds. The second-order valence-corrected chi connectivity index (χ2v) is 3.47. The predicted octanol–water partition coefficient (Wildman–Crippen LogP) is 2.95. The van der Waals surface area contributed by atoms with Gasteiger partial charge in [0, 0.05) is 5.56 Å². The lowest BCUT2D eigenvalue weighted by Crippen LogP contribution is -2.07. The van der Waals surface area contributed by atoms with Crippen LogP contribution >= 0.6 is 0 Å². The van der Waals surface area contributed by atoms with Crippen LogP contribution < -0.4 is 10.5 Å². The molecule has 0 radical (unpaired) electrons. The van der Waals surface area contributed by atoms with Crippen LogP contribution in [0, 0.1) is 0 Å². The quantitative estimate of drug-likeness (QED) is 0.899.